The van der Waals surface area contributed by atoms with Crippen LogP contribution in [0.5, 0.6) is 0 Å². The maximum Gasteiger partial charge on any atom is 0.319 e. The van der Waals surface area contributed by atoms with Crippen LogP contribution in [0, 0.1) is 6.92 Å². The SMILES string of the molecule is CCc1cccc(NC(=O)NCCNc2ccc(-n3ccc(C)n3)nn2)c1. The zero-order valence-corrected chi connectivity index (χ0v) is 15.4. The molecule has 2 aromatic heterocycles. The molecule has 0 fully saturated rings. The van der Waals surface area contributed by atoms with Gasteiger partial charge in [-0.3, -0.25) is 0 Å². The smallest absolute Gasteiger partial charge is 0.319 e. The molecule has 0 saturated carbocycles. The minimum atomic E-state index is -0.236. The highest BCUT2D eigenvalue weighted by atomic mass is 16.2. The molecule has 0 aliphatic heterocycles. The Morgan fingerprint density at radius 2 is 2.00 bits per heavy atom. The highest BCUT2D eigenvalue weighted by Crippen LogP contribution is 2.10. The van der Waals surface area contributed by atoms with Gasteiger partial charge in [0.15, 0.2) is 5.82 Å². The predicted molar refractivity (Wildman–Crippen MR) is 105 cm³/mol. The lowest BCUT2D eigenvalue weighted by Crippen LogP contribution is -2.32. The molecule has 8 nitrogen and oxygen atoms in total. The van der Waals surface area contributed by atoms with Crippen molar-refractivity contribution < 1.29 is 4.79 Å². The molecule has 2 amide bonds. The van der Waals surface area contributed by atoms with Crippen molar-refractivity contribution in [3.8, 4) is 5.82 Å². The second kappa shape index (κ2) is 8.79. The third-order valence-electron chi connectivity index (χ3n) is 3.92. The van der Waals surface area contributed by atoms with E-state index < -0.39 is 0 Å². The van der Waals surface area contributed by atoms with Gasteiger partial charge in [0.2, 0.25) is 0 Å². The molecule has 0 bridgehead atoms. The third kappa shape index (κ3) is 5.27. The van der Waals surface area contributed by atoms with E-state index in [2.05, 4.69) is 38.2 Å². The summed E-state index contributed by atoms with van der Waals surface area (Å²) in [6.07, 6.45) is 2.77. The van der Waals surface area contributed by atoms with Crippen molar-refractivity contribution in [3.05, 3.63) is 59.9 Å². The van der Waals surface area contributed by atoms with Crippen LogP contribution in [0.15, 0.2) is 48.7 Å². The minimum Gasteiger partial charge on any atom is -0.367 e. The van der Waals surface area contributed by atoms with E-state index in [9.17, 15) is 4.79 Å². The third-order valence-corrected chi connectivity index (χ3v) is 3.92. The highest BCUT2D eigenvalue weighted by Gasteiger charge is 2.03. The monoisotopic (exact) mass is 365 g/mol. The summed E-state index contributed by atoms with van der Waals surface area (Å²) in [7, 11) is 0. The fourth-order valence-corrected chi connectivity index (χ4v) is 2.50. The summed E-state index contributed by atoms with van der Waals surface area (Å²) in [5.74, 6) is 1.29. The molecule has 0 aliphatic rings. The van der Waals surface area contributed by atoms with Crippen LogP contribution in [0.4, 0.5) is 16.3 Å². The first-order chi connectivity index (χ1) is 13.1. The van der Waals surface area contributed by atoms with Crippen molar-refractivity contribution in [2.45, 2.75) is 20.3 Å². The van der Waals surface area contributed by atoms with Crippen LogP contribution in [0.1, 0.15) is 18.2 Å². The molecule has 0 aliphatic carbocycles. The minimum absolute atomic E-state index is 0.236. The van der Waals surface area contributed by atoms with Gasteiger partial charge < -0.3 is 16.0 Å². The van der Waals surface area contributed by atoms with Crippen LogP contribution in [-0.2, 0) is 6.42 Å². The van der Waals surface area contributed by atoms with E-state index in [1.807, 2.05) is 55.6 Å². The molecule has 27 heavy (non-hydrogen) atoms. The summed E-state index contributed by atoms with van der Waals surface area (Å²) in [4.78, 5) is 11.9. The fourth-order valence-electron chi connectivity index (χ4n) is 2.50. The number of hydrogen-bond acceptors (Lipinski definition) is 5. The van der Waals surface area contributed by atoms with Gasteiger partial charge in [-0.05, 0) is 49.2 Å². The molecule has 3 N–H and O–H groups in total. The number of carbonyl (C=O) groups is 1. The number of urea groups is 1. The largest absolute Gasteiger partial charge is 0.367 e. The van der Waals surface area contributed by atoms with Gasteiger partial charge in [0, 0.05) is 25.0 Å². The summed E-state index contributed by atoms with van der Waals surface area (Å²) in [5, 5.41) is 21.3. The summed E-state index contributed by atoms with van der Waals surface area (Å²) in [5.41, 5.74) is 2.89. The van der Waals surface area contributed by atoms with Crippen molar-refractivity contribution in [1.29, 1.82) is 0 Å². The number of nitrogens with one attached hydrogen (secondary N) is 3. The number of benzene rings is 1. The number of carbonyl (C=O) groups excluding carboxylic acids is 1. The molecule has 3 rings (SSSR count). The molecule has 3 aromatic rings. The fraction of sp³-hybridized carbons (Fsp3) is 0.263. The molecule has 0 radical (unpaired) electrons. The lowest BCUT2D eigenvalue weighted by atomic mass is 10.1. The first-order valence-electron chi connectivity index (χ1n) is 8.88. The van der Waals surface area contributed by atoms with Crippen LogP contribution in [0.2, 0.25) is 0 Å². The van der Waals surface area contributed by atoms with Gasteiger partial charge >= 0.3 is 6.03 Å². The molecular formula is C19H23N7O. The Hall–Kier alpha value is -3.42. The molecule has 1 aromatic carbocycles. The first kappa shape index (κ1) is 18.4. The van der Waals surface area contributed by atoms with Gasteiger partial charge in [0.1, 0.15) is 5.82 Å². The van der Waals surface area contributed by atoms with Crippen LogP contribution in [-0.4, -0.2) is 39.1 Å². The van der Waals surface area contributed by atoms with Crippen LogP contribution < -0.4 is 16.0 Å². The molecule has 2 heterocycles. The molecule has 0 atom stereocenters. The van der Waals surface area contributed by atoms with Crippen molar-refractivity contribution in [2.75, 3.05) is 23.7 Å². The van der Waals surface area contributed by atoms with Crippen LogP contribution in [0.25, 0.3) is 5.82 Å². The number of nitrogens with zero attached hydrogens (tertiary/aromatic N) is 4. The van der Waals surface area contributed by atoms with E-state index in [0.29, 0.717) is 24.7 Å². The van der Waals surface area contributed by atoms with Gasteiger partial charge in [-0.25, -0.2) is 9.48 Å². The van der Waals surface area contributed by atoms with Crippen molar-refractivity contribution in [3.63, 3.8) is 0 Å². The zero-order valence-electron chi connectivity index (χ0n) is 15.4. The van der Waals surface area contributed by atoms with E-state index in [1.54, 1.807) is 4.68 Å². The average molecular weight is 365 g/mol. The summed E-state index contributed by atoms with van der Waals surface area (Å²) in [6, 6.07) is 13.1. The van der Waals surface area contributed by atoms with Crippen molar-refractivity contribution in [1.82, 2.24) is 25.3 Å². The van der Waals surface area contributed by atoms with E-state index in [1.165, 1.54) is 5.56 Å². The average Bonchev–Trinajstić information content (AvgIpc) is 3.12. The van der Waals surface area contributed by atoms with Crippen LogP contribution >= 0.6 is 0 Å². The number of aromatic nitrogens is 4. The normalized spacial score (nSPS) is 10.4. The summed E-state index contributed by atoms with van der Waals surface area (Å²) in [6.45, 7) is 5.00. The Labute approximate surface area is 158 Å². The molecule has 0 saturated heterocycles. The Morgan fingerprint density at radius 1 is 1.11 bits per heavy atom. The van der Waals surface area contributed by atoms with E-state index in [0.717, 1.165) is 17.8 Å². The topological polar surface area (TPSA) is 96.8 Å². The zero-order chi connectivity index (χ0) is 19.1. The maximum absolute atomic E-state index is 11.9. The Balaban J connectivity index is 1.41. The number of aryl methyl sites for hydroxylation is 2. The summed E-state index contributed by atoms with van der Waals surface area (Å²) < 4.78 is 1.67. The van der Waals surface area contributed by atoms with Gasteiger partial charge in [0.25, 0.3) is 0 Å². The number of rotatable bonds is 7. The standard InChI is InChI=1S/C19H23N7O/c1-3-15-5-4-6-16(13-15)22-19(27)21-11-10-20-17-7-8-18(24-23-17)26-12-9-14(2)25-26/h4-9,12-13H,3,10-11H2,1-2H3,(H,20,23)(H2,21,22,27). The second-order valence-corrected chi connectivity index (χ2v) is 6.04. The lowest BCUT2D eigenvalue weighted by molar-refractivity contribution is 0.252. The summed E-state index contributed by atoms with van der Waals surface area (Å²) >= 11 is 0. The second-order valence-electron chi connectivity index (χ2n) is 6.04. The number of anilines is 2. The number of hydrogen-bond donors (Lipinski definition) is 3. The Kier molecular flexibility index (Phi) is 5.98. The maximum atomic E-state index is 11.9. The first-order valence-corrected chi connectivity index (χ1v) is 8.88. The van der Waals surface area contributed by atoms with E-state index >= 15 is 0 Å². The van der Waals surface area contributed by atoms with Crippen molar-refractivity contribution >= 4 is 17.5 Å². The Morgan fingerprint density at radius 3 is 2.70 bits per heavy atom. The van der Waals surface area contributed by atoms with Crippen LogP contribution in [0.3, 0.4) is 0 Å². The van der Waals surface area contributed by atoms with E-state index in [-0.39, 0.29) is 6.03 Å². The van der Waals surface area contributed by atoms with Gasteiger partial charge in [-0.2, -0.15) is 5.10 Å². The molecular weight excluding hydrogens is 342 g/mol. The predicted octanol–water partition coefficient (Wildman–Crippen LogP) is 2.77. The van der Waals surface area contributed by atoms with Gasteiger partial charge in [-0.15, -0.1) is 10.2 Å². The van der Waals surface area contributed by atoms with Crippen molar-refractivity contribution in [2.24, 2.45) is 0 Å². The Bertz CT molecular complexity index is 889. The molecule has 140 valence electrons. The van der Waals surface area contributed by atoms with Gasteiger partial charge in [0.05, 0.1) is 5.69 Å². The molecule has 8 heteroatoms. The lowest BCUT2D eigenvalue weighted by Gasteiger charge is -2.09. The molecule has 0 unspecified atom stereocenters. The quantitative estimate of drug-likeness (QED) is 0.560. The molecule has 0 spiro atoms. The number of amides is 2. The van der Waals surface area contributed by atoms with E-state index in [4.69, 9.17) is 0 Å². The van der Waals surface area contributed by atoms with Gasteiger partial charge in [-0.1, -0.05) is 19.1 Å². The highest BCUT2D eigenvalue weighted by molar-refractivity contribution is 5.89.